The fraction of sp³-hybridized carbons (Fsp3) is 0.727. The molecule has 5 nitrogen and oxygen atoms in total. The van der Waals surface area contributed by atoms with Gasteiger partial charge in [0.05, 0.1) is 19.4 Å². The first-order chi connectivity index (χ1) is 7.83. The van der Waals surface area contributed by atoms with E-state index in [1.165, 1.54) is 0 Å². The van der Waals surface area contributed by atoms with Gasteiger partial charge in [0, 0.05) is 19.6 Å². The predicted octanol–water partition coefficient (Wildman–Crippen LogP) is 0.258. The Bertz CT molecular complexity index is 225. The van der Waals surface area contributed by atoms with E-state index in [2.05, 4.69) is 10.1 Å². The predicted molar refractivity (Wildman–Crippen MR) is 62.5 cm³/mol. The minimum Gasteiger partial charge on any atom is -0.393 e. The Balaban J connectivity index is 2.07. The second kappa shape index (κ2) is 8.27. The van der Waals surface area contributed by atoms with Crippen LogP contribution in [0.25, 0.3) is 0 Å². The first-order valence-corrected chi connectivity index (χ1v) is 5.57. The number of β-amino-alcohol motifs (C(OH)–C–C–N with tert-alkyl or cyclic N) is 1. The lowest BCUT2D eigenvalue weighted by molar-refractivity contribution is -0.0128. The van der Waals surface area contributed by atoms with E-state index in [1.54, 1.807) is 12.3 Å². The fourth-order valence-electron chi connectivity index (χ4n) is 1.43. The lowest BCUT2D eigenvalue weighted by Gasteiger charge is -2.28. The molecule has 1 aliphatic rings. The topological polar surface area (TPSA) is 54.3 Å². The molecule has 1 N–H and O–H groups in total. The number of nitrogens with zero attached hydrogens (tertiary/aromatic N) is 2. The highest BCUT2D eigenvalue weighted by molar-refractivity contribution is 5.70. The summed E-state index contributed by atoms with van der Waals surface area (Å²) in [7, 11) is 0. The number of morpholine rings is 1. The summed E-state index contributed by atoms with van der Waals surface area (Å²) in [6, 6.07) is 0. The lowest BCUT2D eigenvalue weighted by Crippen LogP contribution is -2.42. The van der Waals surface area contributed by atoms with Gasteiger partial charge in [-0.1, -0.05) is 11.2 Å². The van der Waals surface area contributed by atoms with Crippen molar-refractivity contribution in [2.75, 3.05) is 39.5 Å². The molecule has 1 heterocycles. The summed E-state index contributed by atoms with van der Waals surface area (Å²) >= 11 is 0. The Kier molecular flexibility index (Phi) is 6.80. The van der Waals surface area contributed by atoms with Crippen LogP contribution in [0.4, 0.5) is 0 Å². The van der Waals surface area contributed by atoms with Crippen molar-refractivity contribution in [1.29, 1.82) is 0 Å². The minimum atomic E-state index is -0.499. The van der Waals surface area contributed by atoms with Gasteiger partial charge >= 0.3 is 0 Å². The Morgan fingerprint density at radius 3 is 2.94 bits per heavy atom. The number of allylic oxidation sites excluding steroid dienone is 2. The first kappa shape index (κ1) is 13.2. The van der Waals surface area contributed by atoms with E-state index in [0.717, 1.165) is 26.3 Å². The number of hydrogen-bond acceptors (Lipinski definition) is 5. The molecule has 1 saturated heterocycles. The van der Waals surface area contributed by atoms with Crippen LogP contribution in [0.3, 0.4) is 0 Å². The molecule has 0 aromatic rings. The van der Waals surface area contributed by atoms with Crippen molar-refractivity contribution in [3.63, 3.8) is 0 Å². The van der Waals surface area contributed by atoms with Crippen LogP contribution in [0.5, 0.6) is 0 Å². The van der Waals surface area contributed by atoms with Gasteiger partial charge in [-0.05, 0) is 13.0 Å². The summed E-state index contributed by atoms with van der Waals surface area (Å²) in [5.74, 6) is 0. The highest BCUT2D eigenvalue weighted by Crippen LogP contribution is 1.99. The molecule has 0 aromatic heterocycles. The van der Waals surface area contributed by atoms with E-state index >= 15 is 0 Å². The molecule has 0 radical (unpaired) electrons. The number of aliphatic hydroxyl groups is 1. The molecule has 1 rings (SSSR count). The van der Waals surface area contributed by atoms with Crippen LogP contribution in [0.2, 0.25) is 0 Å². The Labute approximate surface area is 96.3 Å². The molecule has 0 spiro atoms. The second-order valence-corrected chi connectivity index (χ2v) is 3.64. The summed E-state index contributed by atoms with van der Waals surface area (Å²) in [4.78, 5) is 7.11. The van der Waals surface area contributed by atoms with Gasteiger partial charge in [0.25, 0.3) is 0 Å². The van der Waals surface area contributed by atoms with Crippen molar-refractivity contribution < 1.29 is 14.7 Å². The lowest BCUT2D eigenvalue weighted by atomic mass is 10.3. The quantitative estimate of drug-likeness (QED) is 0.523. The average Bonchev–Trinajstić information content (AvgIpc) is 2.30. The third kappa shape index (κ3) is 5.85. The Morgan fingerprint density at radius 1 is 1.50 bits per heavy atom. The molecular formula is C11H20N2O3. The highest BCUT2D eigenvalue weighted by Gasteiger charge is 2.14. The maximum atomic E-state index is 9.66. The molecule has 1 atom stereocenters. The number of ether oxygens (including phenoxy) is 1. The van der Waals surface area contributed by atoms with E-state index < -0.39 is 6.10 Å². The average molecular weight is 228 g/mol. The van der Waals surface area contributed by atoms with E-state index in [-0.39, 0.29) is 6.61 Å². The smallest absolute Gasteiger partial charge is 0.144 e. The van der Waals surface area contributed by atoms with Gasteiger partial charge in [-0.2, -0.15) is 0 Å². The fourth-order valence-corrected chi connectivity index (χ4v) is 1.43. The summed E-state index contributed by atoms with van der Waals surface area (Å²) in [6.45, 7) is 5.98. The van der Waals surface area contributed by atoms with Gasteiger partial charge in [0.1, 0.15) is 12.7 Å². The SMILES string of the molecule is C/C=C/C=N/OCC(O)CN1CCOCC1. The van der Waals surface area contributed by atoms with Crippen LogP contribution >= 0.6 is 0 Å². The van der Waals surface area contributed by atoms with Gasteiger partial charge in [0.2, 0.25) is 0 Å². The molecule has 92 valence electrons. The van der Waals surface area contributed by atoms with Gasteiger partial charge in [-0.3, -0.25) is 4.90 Å². The van der Waals surface area contributed by atoms with Crippen molar-refractivity contribution in [3.05, 3.63) is 12.2 Å². The van der Waals surface area contributed by atoms with Crippen molar-refractivity contribution in [2.24, 2.45) is 5.16 Å². The maximum absolute atomic E-state index is 9.66. The second-order valence-electron chi connectivity index (χ2n) is 3.64. The summed E-state index contributed by atoms with van der Waals surface area (Å²) in [6.07, 6.45) is 4.69. The van der Waals surface area contributed by atoms with Crippen LogP contribution in [-0.4, -0.2) is 61.8 Å². The third-order valence-corrected chi connectivity index (χ3v) is 2.25. The Morgan fingerprint density at radius 2 is 2.25 bits per heavy atom. The first-order valence-electron chi connectivity index (χ1n) is 5.57. The zero-order valence-electron chi connectivity index (χ0n) is 9.71. The van der Waals surface area contributed by atoms with Crippen LogP contribution in [0.15, 0.2) is 17.3 Å². The van der Waals surface area contributed by atoms with Gasteiger partial charge < -0.3 is 14.7 Å². The zero-order valence-corrected chi connectivity index (χ0v) is 9.71. The van der Waals surface area contributed by atoms with Crippen molar-refractivity contribution >= 4 is 6.21 Å². The van der Waals surface area contributed by atoms with Crippen LogP contribution in [0.1, 0.15) is 6.92 Å². The standard InChI is InChI=1S/C11H20N2O3/c1-2-3-4-12-16-10-11(14)9-13-5-7-15-8-6-13/h2-4,11,14H,5-10H2,1H3/b3-2+,12-4+. The zero-order chi connectivity index (χ0) is 11.6. The molecule has 0 amide bonds. The molecule has 1 fully saturated rings. The van der Waals surface area contributed by atoms with E-state index in [0.29, 0.717) is 6.54 Å². The summed E-state index contributed by atoms with van der Waals surface area (Å²) in [5.41, 5.74) is 0. The van der Waals surface area contributed by atoms with Crippen LogP contribution < -0.4 is 0 Å². The maximum Gasteiger partial charge on any atom is 0.144 e. The largest absolute Gasteiger partial charge is 0.393 e. The Hall–Kier alpha value is -0.910. The highest BCUT2D eigenvalue weighted by atomic mass is 16.6. The monoisotopic (exact) mass is 228 g/mol. The summed E-state index contributed by atoms with van der Waals surface area (Å²) in [5, 5.41) is 13.3. The summed E-state index contributed by atoms with van der Waals surface area (Å²) < 4.78 is 5.22. The molecule has 16 heavy (non-hydrogen) atoms. The molecule has 5 heteroatoms. The molecule has 1 unspecified atom stereocenters. The van der Waals surface area contributed by atoms with Crippen LogP contribution in [0, 0.1) is 0 Å². The molecule has 1 aliphatic heterocycles. The normalized spacial score (nSPS) is 20.6. The van der Waals surface area contributed by atoms with Crippen molar-refractivity contribution in [3.8, 4) is 0 Å². The van der Waals surface area contributed by atoms with Gasteiger partial charge in [-0.25, -0.2) is 0 Å². The number of aliphatic hydroxyl groups excluding tert-OH is 1. The van der Waals surface area contributed by atoms with Crippen LogP contribution in [-0.2, 0) is 9.57 Å². The van der Waals surface area contributed by atoms with Gasteiger partial charge in [-0.15, -0.1) is 0 Å². The molecule has 0 aliphatic carbocycles. The number of rotatable bonds is 6. The molecule has 0 saturated carbocycles. The molecular weight excluding hydrogens is 208 g/mol. The van der Waals surface area contributed by atoms with E-state index in [9.17, 15) is 5.11 Å². The number of oxime groups is 1. The third-order valence-electron chi connectivity index (χ3n) is 2.25. The van der Waals surface area contributed by atoms with E-state index in [4.69, 9.17) is 9.57 Å². The van der Waals surface area contributed by atoms with E-state index in [1.807, 2.05) is 13.0 Å². The van der Waals surface area contributed by atoms with Gasteiger partial charge in [0.15, 0.2) is 0 Å². The number of hydrogen-bond donors (Lipinski definition) is 1. The van der Waals surface area contributed by atoms with Crippen molar-refractivity contribution in [1.82, 2.24) is 4.90 Å². The molecule has 0 aromatic carbocycles. The molecule has 0 bridgehead atoms. The minimum absolute atomic E-state index is 0.228. The van der Waals surface area contributed by atoms with Crippen molar-refractivity contribution in [2.45, 2.75) is 13.0 Å².